The number of amides is 2. The molecule has 2 bridgehead atoms. The fourth-order valence-corrected chi connectivity index (χ4v) is 3.90. The minimum absolute atomic E-state index is 0.0452. The molecule has 0 N–H and O–H groups in total. The molecule has 5 rings (SSSR count). The Labute approximate surface area is 147 Å². The highest BCUT2D eigenvalue weighted by Gasteiger charge is 2.60. The van der Waals surface area contributed by atoms with Gasteiger partial charge in [0, 0.05) is 14.3 Å². The second-order valence-electron chi connectivity index (χ2n) is 6.12. The van der Waals surface area contributed by atoms with Gasteiger partial charge in [-0.1, -0.05) is 30.3 Å². The molecule has 1 aromatic rings. The number of hydrogen-bond acceptors (Lipinski definition) is 5. The van der Waals surface area contributed by atoms with E-state index in [1.54, 1.807) is 49.5 Å². The van der Waals surface area contributed by atoms with E-state index in [2.05, 4.69) is 0 Å². The van der Waals surface area contributed by atoms with E-state index in [0.29, 0.717) is 5.69 Å². The van der Waals surface area contributed by atoms with Gasteiger partial charge in [0.25, 0.3) is 0 Å². The van der Waals surface area contributed by atoms with Crippen LogP contribution < -0.4 is 4.90 Å². The smallest absolute Gasteiger partial charge is 0.240 e. The van der Waals surface area contributed by atoms with Crippen LogP contribution in [0.1, 0.15) is 2.74 Å². The van der Waals surface area contributed by atoms with Crippen LogP contribution in [-0.4, -0.2) is 29.8 Å². The fourth-order valence-electron chi connectivity index (χ4n) is 3.90. The number of carbonyl (C=O) groups is 2. The number of carbonyl (C=O) groups excluding carboxylic acids is 2. The van der Waals surface area contributed by atoms with Gasteiger partial charge < -0.3 is 4.90 Å². The summed E-state index contributed by atoms with van der Waals surface area (Å²) in [6, 6.07) is 11.3. The lowest BCUT2D eigenvalue weighted by Gasteiger charge is -2.47. The highest BCUT2D eigenvalue weighted by atomic mass is 16.2. The standard InChI is InChI=1S/C19H14N4O2/c1-22-14-8-7-13(17(22)11(9-20)10-21)15-16(14)19(25)23(18(15)24)12-5-3-2-4-6-12/h2-8,13-16H,1H3/t13-,14+,15+,16-/m1/s1/i8D,13D. The van der Waals surface area contributed by atoms with Gasteiger partial charge in [-0.05, 0) is 12.1 Å². The summed E-state index contributed by atoms with van der Waals surface area (Å²) in [5.41, 5.74) is 0.203. The molecule has 1 aromatic carbocycles. The molecule has 2 amide bonds. The molecule has 0 saturated carbocycles. The summed E-state index contributed by atoms with van der Waals surface area (Å²) in [7, 11) is 1.55. The zero-order chi connectivity index (χ0) is 19.5. The molecule has 0 spiro atoms. The number of piperidine rings is 1. The monoisotopic (exact) mass is 332 g/mol. The Bertz CT molecular complexity index is 1000. The lowest BCUT2D eigenvalue weighted by Crippen LogP contribution is -2.53. The molecular weight excluding hydrogens is 316 g/mol. The lowest BCUT2D eigenvalue weighted by molar-refractivity contribution is -0.124. The van der Waals surface area contributed by atoms with Gasteiger partial charge in [0.1, 0.15) is 17.7 Å². The molecule has 2 saturated heterocycles. The van der Waals surface area contributed by atoms with Crippen LogP contribution in [-0.2, 0) is 9.59 Å². The predicted molar refractivity (Wildman–Crippen MR) is 88.3 cm³/mol. The first-order chi connectivity index (χ1) is 12.9. The molecule has 122 valence electrons. The average Bonchev–Trinajstić information content (AvgIpc) is 2.91. The number of nitriles is 2. The van der Waals surface area contributed by atoms with E-state index in [1.165, 1.54) is 11.0 Å². The lowest BCUT2D eigenvalue weighted by atomic mass is 9.68. The SMILES string of the molecule is [2H]C1=C[C@@]2([2H])C(=C(C#N)C#N)N(C)[C@@H]1[C@H]1C(=O)N(c3ccccc3)C(=O)[C@H]12. The van der Waals surface area contributed by atoms with E-state index >= 15 is 0 Å². The molecule has 6 heteroatoms. The Hall–Kier alpha value is -3.38. The van der Waals surface area contributed by atoms with Crippen LogP contribution in [0.4, 0.5) is 5.69 Å². The molecule has 6 nitrogen and oxygen atoms in total. The van der Waals surface area contributed by atoms with Gasteiger partial charge in [0.15, 0.2) is 0 Å². The number of benzene rings is 1. The number of likely N-dealkylation sites (N-methyl/N-ethyl adjacent to an activating group) is 1. The zero-order valence-corrected chi connectivity index (χ0v) is 13.3. The number of nitrogens with zero attached hydrogens (tertiary/aromatic N) is 4. The third-order valence-corrected chi connectivity index (χ3v) is 4.95. The van der Waals surface area contributed by atoms with Crippen LogP contribution in [0.15, 0.2) is 53.7 Å². The second kappa shape index (κ2) is 5.32. The van der Waals surface area contributed by atoms with E-state index < -0.39 is 35.6 Å². The average molecular weight is 332 g/mol. The molecular formula is C19H14N4O2. The van der Waals surface area contributed by atoms with Gasteiger partial charge in [0.2, 0.25) is 11.8 Å². The van der Waals surface area contributed by atoms with Crippen LogP contribution in [0.5, 0.6) is 0 Å². The van der Waals surface area contributed by atoms with Crippen molar-refractivity contribution in [3.05, 3.63) is 53.7 Å². The summed E-state index contributed by atoms with van der Waals surface area (Å²) in [6.07, 6.45) is 1.29. The zero-order valence-electron chi connectivity index (χ0n) is 15.3. The molecule has 2 fully saturated rings. The third kappa shape index (κ3) is 1.88. The number of fused-ring (bicyclic) bond motifs is 1. The quantitative estimate of drug-likeness (QED) is 0.443. The number of imide groups is 1. The normalized spacial score (nSPS) is 34.0. The molecule has 3 heterocycles. The van der Waals surface area contributed by atoms with Crippen molar-refractivity contribution in [1.82, 2.24) is 4.90 Å². The van der Waals surface area contributed by atoms with Crippen LogP contribution in [0.25, 0.3) is 0 Å². The Morgan fingerprint density at radius 3 is 2.44 bits per heavy atom. The molecule has 0 radical (unpaired) electrons. The highest BCUT2D eigenvalue weighted by Crippen LogP contribution is 2.50. The van der Waals surface area contributed by atoms with Crippen molar-refractivity contribution in [2.24, 2.45) is 17.7 Å². The van der Waals surface area contributed by atoms with Crippen LogP contribution in [0, 0.1) is 40.4 Å². The number of allylic oxidation sites excluding steroid dienone is 2. The first-order valence-electron chi connectivity index (χ1n) is 8.76. The number of anilines is 1. The summed E-state index contributed by atoms with van der Waals surface area (Å²) >= 11 is 0. The largest absolute Gasteiger partial charge is 0.368 e. The maximum Gasteiger partial charge on any atom is 0.240 e. The molecule has 25 heavy (non-hydrogen) atoms. The van der Waals surface area contributed by atoms with Gasteiger partial charge in [-0.2, -0.15) is 10.5 Å². The Morgan fingerprint density at radius 1 is 1.16 bits per heavy atom. The van der Waals surface area contributed by atoms with Crippen LogP contribution in [0.2, 0.25) is 0 Å². The van der Waals surface area contributed by atoms with Gasteiger partial charge in [-0.25, -0.2) is 4.90 Å². The molecule has 0 unspecified atom stereocenters. The van der Waals surface area contributed by atoms with Gasteiger partial charge in [0.05, 0.1) is 30.6 Å². The Kier molecular flexibility index (Phi) is 2.76. The van der Waals surface area contributed by atoms with Crippen LogP contribution in [0.3, 0.4) is 0 Å². The molecule has 1 aliphatic carbocycles. The van der Waals surface area contributed by atoms with E-state index in [-0.39, 0.29) is 17.3 Å². The predicted octanol–water partition coefficient (Wildman–Crippen LogP) is 1.59. The van der Waals surface area contributed by atoms with Crippen molar-refractivity contribution >= 4 is 17.5 Å². The third-order valence-electron chi connectivity index (χ3n) is 4.95. The first kappa shape index (κ1) is 13.0. The molecule has 3 aliphatic heterocycles. The molecule has 0 aromatic heterocycles. The van der Waals surface area contributed by atoms with Gasteiger partial charge in [-0.15, -0.1) is 0 Å². The summed E-state index contributed by atoms with van der Waals surface area (Å²) in [5.74, 6) is -4.80. The van der Waals surface area contributed by atoms with Gasteiger partial charge in [-0.3, -0.25) is 9.59 Å². The minimum atomic E-state index is -1.82. The van der Waals surface area contributed by atoms with E-state index in [9.17, 15) is 20.1 Å². The van der Waals surface area contributed by atoms with Crippen molar-refractivity contribution in [3.63, 3.8) is 0 Å². The highest BCUT2D eigenvalue weighted by molar-refractivity contribution is 6.23. The van der Waals surface area contributed by atoms with Crippen molar-refractivity contribution in [3.8, 4) is 12.1 Å². The number of rotatable bonds is 1. The van der Waals surface area contributed by atoms with E-state index in [1.807, 2.05) is 0 Å². The summed E-state index contributed by atoms with van der Waals surface area (Å²) in [5, 5.41) is 18.6. The maximum atomic E-state index is 13.2. The summed E-state index contributed by atoms with van der Waals surface area (Å²) in [6.45, 7) is 0. The number of para-hydroxylation sites is 1. The summed E-state index contributed by atoms with van der Waals surface area (Å²) < 4.78 is 17.2. The number of hydrogen-bond donors (Lipinski definition) is 0. The van der Waals surface area contributed by atoms with Crippen molar-refractivity contribution in [1.29, 1.82) is 10.5 Å². The maximum absolute atomic E-state index is 13.2. The summed E-state index contributed by atoms with van der Waals surface area (Å²) in [4.78, 5) is 28.9. The van der Waals surface area contributed by atoms with Gasteiger partial charge >= 0.3 is 0 Å². The van der Waals surface area contributed by atoms with Crippen LogP contribution >= 0.6 is 0 Å². The van der Waals surface area contributed by atoms with Crippen molar-refractivity contribution < 1.29 is 12.3 Å². The minimum Gasteiger partial charge on any atom is -0.368 e. The van der Waals surface area contributed by atoms with Crippen molar-refractivity contribution in [2.75, 3.05) is 11.9 Å². The molecule has 4 atom stereocenters. The van der Waals surface area contributed by atoms with E-state index in [4.69, 9.17) is 2.74 Å². The Balaban J connectivity index is 1.94. The topological polar surface area (TPSA) is 88.2 Å². The fraction of sp³-hybridized carbons (Fsp3) is 0.263. The van der Waals surface area contributed by atoms with E-state index in [0.717, 1.165) is 4.90 Å². The first-order valence-corrected chi connectivity index (χ1v) is 7.76. The second-order valence-corrected chi connectivity index (χ2v) is 6.12. The van der Waals surface area contributed by atoms with Crippen molar-refractivity contribution in [2.45, 2.75) is 6.04 Å². The Morgan fingerprint density at radius 2 is 1.80 bits per heavy atom. The molecule has 4 aliphatic rings.